The molecule has 1 aromatic rings. The molecule has 1 N–H and O–H groups in total. The number of rotatable bonds is 1. The molecule has 2 heterocycles. The highest BCUT2D eigenvalue weighted by atomic mass is 15.2. The minimum absolute atomic E-state index is 0.765. The van der Waals surface area contributed by atoms with Crippen molar-refractivity contribution in [3.63, 3.8) is 0 Å². The molecule has 0 radical (unpaired) electrons. The highest BCUT2D eigenvalue weighted by Gasteiger charge is 2.34. The summed E-state index contributed by atoms with van der Waals surface area (Å²) in [5, 5.41) is 3.79. The summed E-state index contributed by atoms with van der Waals surface area (Å²) >= 11 is 0. The number of likely N-dealkylation sites (tertiary alicyclic amines) is 1. The molecule has 18 heavy (non-hydrogen) atoms. The molecular formula is C16H22N2. The van der Waals surface area contributed by atoms with E-state index in [1.54, 1.807) is 11.1 Å². The molecule has 2 atom stereocenters. The SMILES string of the molecule is c1ccc2c(c1)CC(N1CCC3CCC(C1)N3)C2. The molecule has 0 aromatic heterocycles. The summed E-state index contributed by atoms with van der Waals surface area (Å²) in [6.07, 6.45) is 6.69. The Bertz CT molecular complexity index is 417. The molecule has 2 heteroatoms. The van der Waals surface area contributed by atoms with Crippen molar-refractivity contribution in [2.45, 2.75) is 50.2 Å². The van der Waals surface area contributed by atoms with Gasteiger partial charge in [0.15, 0.2) is 0 Å². The fourth-order valence-corrected chi connectivity index (χ4v) is 4.10. The third kappa shape index (κ3) is 1.88. The van der Waals surface area contributed by atoms with Crippen LogP contribution in [-0.2, 0) is 12.8 Å². The van der Waals surface area contributed by atoms with Crippen LogP contribution >= 0.6 is 0 Å². The van der Waals surface area contributed by atoms with Gasteiger partial charge in [0.25, 0.3) is 0 Å². The molecule has 3 aliphatic rings. The lowest BCUT2D eigenvalue weighted by atomic mass is 10.1. The highest BCUT2D eigenvalue weighted by Crippen LogP contribution is 2.28. The quantitative estimate of drug-likeness (QED) is 0.810. The summed E-state index contributed by atoms with van der Waals surface area (Å²) in [6, 6.07) is 11.4. The summed E-state index contributed by atoms with van der Waals surface area (Å²) < 4.78 is 0. The zero-order valence-corrected chi connectivity index (χ0v) is 10.9. The average Bonchev–Trinajstić information content (AvgIpc) is 2.92. The van der Waals surface area contributed by atoms with Gasteiger partial charge in [-0.1, -0.05) is 24.3 Å². The van der Waals surface area contributed by atoms with Gasteiger partial charge in [0.2, 0.25) is 0 Å². The number of hydrogen-bond donors (Lipinski definition) is 1. The van der Waals surface area contributed by atoms with E-state index in [1.807, 2.05) is 0 Å². The molecule has 2 nitrogen and oxygen atoms in total. The first kappa shape index (κ1) is 11.0. The fraction of sp³-hybridized carbons (Fsp3) is 0.625. The van der Waals surface area contributed by atoms with Crippen molar-refractivity contribution in [3.05, 3.63) is 35.4 Å². The van der Waals surface area contributed by atoms with Gasteiger partial charge in [-0.05, 0) is 49.8 Å². The van der Waals surface area contributed by atoms with Crippen LogP contribution in [0.5, 0.6) is 0 Å². The van der Waals surface area contributed by atoms with Crippen molar-refractivity contribution >= 4 is 0 Å². The van der Waals surface area contributed by atoms with Gasteiger partial charge in [0, 0.05) is 24.7 Å². The molecule has 0 saturated carbocycles. The van der Waals surface area contributed by atoms with Gasteiger partial charge in [-0.3, -0.25) is 4.90 Å². The van der Waals surface area contributed by atoms with Crippen molar-refractivity contribution in [2.75, 3.05) is 13.1 Å². The van der Waals surface area contributed by atoms with E-state index in [0.717, 1.165) is 18.1 Å². The molecule has 2 fully saturated rings. The molecule has 1 aromatic carbocycles. The van der Waals surface area contributed by atoms with E-state index in [-0.39, 0.29) is 0 Å². The second-order valence-corrected chi connectivity index (χ2v) is 6.25. The van der Waals surface area contributed by atoms with Crippen molar-refractivity contribution in [2.24, 2.45) is 0 Å². The lowest BCUT2D eigenvalue weighted by Gasteiger charge is -2.30. The van der Waals surface area contributed by atoms with Crippen LogP contribution in [0.25, 0.3) is 0 Å². The maximum atomic E-state index is 3.79. The van der Waals surface area contributed by atoms with E-state index in [4.69, 9.17) is 0 Å². The number of hydrogen-bond acceptors (Lipinski definition) is 2. The van der Waals surface area contributed by atoms with Crippen LogP contribution in [0.15, 0.2) is 24.3 Å². The zero-order valence-electron chi connectivity index (χ0n) is 10.9. The van der Waals surface area contributed by atoms with E-state index in [0.29, 0.717) is 0 Å². The molecule has 2 saturated heterocycles. The van der Waals surface area contributed by atoms with Crippen LogP contribution in [0.2, 0.25) is 0 Å². The van der Waals surface area contributed by atoms with Crippen LogP contribution in [0.4, 0.5) is 0 Å². The van der Waals surface area contributed by atoms with Crippen molar-refractivity contribution in [3.8, 4) is 0 Å². The van der Waals surface area contributed by atoms with Crippen LogP contribution in [0.3, 0.4) is 0 Å². The summed E-state index contributed by atoms with van der Waals surface area (Å²) in [4.78, 5) is 2.76. The standard InChI is InChI=1S/C16H22N2/c1-2-4-13-10-16(9-12(13)3-1)18-8-7-14-5-6-15(11-18)17-14/h1-4,14-17H,5-11H2. The Hall–Kier alpha value is -0.860. The minimum atomic E-state index is 0.765. The molecular weight excluding hydrogens is 220 g/mol. The molecule has 2 bridgehead atoms. The van der Waals surface area contributed by atoms with E-state index in [2.05, 4.69) is 34.5 Å². The maximum Gasteiger partial charge on any atom is 0.0198 e. The third-order valence-electron chi connectivity index (χ3n) is 5.10. The first-order chi connectivity index (χ1) is 8.88. The first-order valence-electron chi connectivity index (χ1n) is 7.45. The normalized spacial score (nSPS) is 32.4. The Labute approximate surface area is 109 Å². The van der Waals surface area contributed by atoms with Gasteiger partial charge in [0.1, 0.15) is 0 Å². The van der Waals surface area contributed by atoms with E-state index in [1.165, 1.54) is 45.2 Å². The molecule has 96 valence electrons. The van der Waals surface area contributed by atoms with Crippen LogP contribution in [-0.4, -0.2) is 36.1 Å². The van der Waals surface area contributed by atoms with Crippen LogP contribution in [0, 0.1) is 0 Å². The van der Waals surface area contributed by atoms with Crippen LogP contribution < -0.4 is 5.32 Å². The summed E-state index contributed by atoms with van der Waals surface area (Å²) in [6.45, 7) is 2.57. The van der Waals surface area contributed by atoms with Crippen molar-refractivity contribution in [1.82, 2.24) is 10.2 Å². The largest absolute Gasteiger partial charge is 0.310 e. The number of benzene rings is 1. The molecule has 0 spiro atoms. The van der Waals surface area contributed by atoms with Crippen molar-refractivity contribution in [1.29, 1.82) is 0 Å². The Morgan fingerprint density at radius 3 is 2.44 bits per heavy atom. The fourth-order valence-electron chi connectivity index (χ4n) is 4.10. The molecule has 2 unspecified atom stereocenters. The monoisotopic (exact) mass is 242 g/mol. The lowest BCUT2D eigenvalue weighted by Crippen LogP contribution is -2.42. The Morgan fingerprint density at radius 1 is 0.944 bits per heavy atom. The topological polar surface area (TPSA) is 15.3 Å². The number of nitrogens with one attached hydrogen (secondary N) is 1. The summed E-state index contributed by atoms with van der Waals surface area (Å²) in [5.74, 6) is 0. The Morgan fingerprint density at radius 2 is 1.67 bits per heavy atom. The van der Waals surface area contributed by atoms with Gasteiger partial charge in [0.05, 0.1) is 0 Å². The smallest absolute Gasteiger partial charge is 0.0198 e. The first-order valence-corrected chi connectivity index (χ1v) is 7.45. The minimum Gasteiger partial charge on any atom is -0.310 e. The van der Waals surface area contributed by atoms with Crippen LogP contribution in [0.1, 0.15) is 30.4 Å². The third-order valence-corrected chi connectivity index (χ3v) is 5.10. The van der Waals surface area contributed by atoms with Gasteiger partial charge in [-0.2, -0.15) is 0 Å². The molecule has 0 amide bonds. The van der Waals surface area contributed by atoms with E-state index in [9.17, 15) is 0 Å². The molecule has 1 aliphatic carbocycles. The van der Waals surface area contributed by atoms with Gasteiger partial charge >= 0.3 is 0 Å². The van der Waals surface area contributed by atoms with Crippen molar-refractivity contribution < 1.29 is 0 Å². The molecule has 4 rings (SSSR count). The predicted molar refractivity (Wildman–Crippen MR) is 73.8 cm³/mol. The highest BCUT2D eigenvalue weighted by molar-refractivity contribution is 5.33. The average molecular weight is 242 g/mol. The lowest BCUT2D eigenvalue weighted by molar-refractivity contribution is 0.191. The van der Waals surface area contributed by atoms with Gasteiger partial charge < -0.3 is 5.32 Å². The van der Waals surface area contributed by atoms with Gasteiger partial charge in [-0.25, -0.2) is 0 Å². The van der Waals surface area contributed by atoms with E-state index < -0.39 is 0 Å². The maximum absolute atomic E-state index is 3.79. The predicted octanol–water partition coefficient (Wildman–Crippen LogP) is 1.98. The Balaban J connectivity index is 1.49. The number of fused-ring (bicyclic) bond motifs is 3. The zero-order chi connectivity index (χ0) is 11.9. The summed E-state index contributed by atoms with van der Waals surface area (Å²) in [5.41, 5.74) is 3.18. The van der Waals surface area contributed by atoms with E-state index >= 15 is 0 Å². The second kappa shape index (κ2) is 4.36. The second-order valence-electron chi connectivity index (χ2n) is 6.25. The Kier molecular flexibility index (Phi) is 2.66. The summed E-state index contributed by atoms with van der Waals surface area (Å²) in [7, 11) is 0. The number of nitrogens with zero attached hydrogens (tertiary/aromatic N) is 1. The molecule has 2 aliphatic heterocycles. The van der Waals surface area contributed by atoms with Gasteiger partial charge in [-0.15, -0.1) is 0 Å².